The number of hydrogen-bond acceptors (Lipinski definition) is 4. The van der Waals surface area contributed by atoms with Gasteiger partial charge in [-0.15, -0.1) is 5.10 Å². The van der Waals surface area contributed by atoms with Gasteiger partial charge in [0.15, 0.2) is 0 Å². The zero-order valence-corrected chi connectivity index (χ0v) is 10.4. The Morgan fingerprint density at radius 3 is 3.06 bits per heavy atom. The van der Waals surface area contributed by atoms with Gasteiger partial charge in [-0.3, -0.25) is 4.79 Å². The molecule has 0 radical (unpaired) electrons. The monoisotopic (exact) mass is 240 g/mol. The third-order valence-corrected chi connectivity index (χ3v) is 2.39. The van der Waals surface area contributed by atoms with E-state index in [4.69, 9.17) is 5.11 Å². The van der Waals surface area contributed by atoms with Crippen molar-refractivity contribution in [3.8, 4) is 0 Å². The highest BCUT2D eigenvalue weighted by Crippen LogP contribution is 1.96. The van der Waals surface area contributed by atoms with Gasteiger partial charge in [0.25, 0.3) is 0 Å². The van der Waals surface area contributed by atoms with Crippen molar-refractivity contribution >= 4 is 5.91 Å². The van der Waals surface area contributed by atoms with Crippen LogP contribution < -0.4 is 5.32 Å². The first-order valence-corrected chi connectivity index (χ1v) is 5.95. The van der Waals surface area contributed by atoms with Crippen molar-refractivity contribution in [2.75, 3.05) is 6.61 Å². The summed E-state index contributed by atoms with van der Waals surface area (Å²) in [6.07, 6.45) is 4.17. The van der Waals surface area contributed by atoms with Crippen LogP contribution in [0.4, 0.5) is 0 Å². The number of carbonyl (C=O) groups is 1. The Labute approximate surface area is 101 Å². The van der Waals surface area contributed by atoms with Gasteiger partial charge in [0.2, 0.25) is 5.91 Å². The number of amides is 1. The van der Waals surface area contributed by atoms with Gasteiger partial charge in [0.1, 0.15) is 6.54 Å². The zero-order valence-electron chi connectivity index (χ0n) is 10.4. The highest BCUT2D eigenvalue weighted by Gasteiger charge is 2.08. The second-order valence-corrected chi connectivity index (χ2v) is 4.14. The normalized spacial score (nSPS) is 12.4. The van der Waals surface area contributed by atoms with Gasteiger partial charge < -0.3 is 10.4 Å². The van der Waals surface area contributed by atoms with E-state index < -0.39 is 0 Å². The Morgan fingerprint density at radius 2 is 2.41 bits per heavy atom. The number of nitrogens with zero attached hydrogens (tertiary/aromatic N) is 3. The summed E-state index contributed by atoms with van der Waals surface area (Å²) in [6, 6.07) is 0.188. The van der Waals surface area contributed by atoms with Crippen LogP contribution >= 0.6 is 0 Å². The third kappa shape index (κ3) is 4.95. The minimum absolute atomic E-state index is 0.0401. The topological polar surface area (TPSA) is 80.0 Å². The van der Waals surface area contributed by atoms with Crippen LogP contribution in [0.3, 0.4) is 0 Å². The summed E-state index contributed by atoms with van der Waals surface area (Å²) in [4.78, 5) is 11.6. The van der Waals surface area contributed by atoms with E-state index in [0.29, 0.717) is 12.1 Å². The van der Waals surface area contributed by atoms with E-state index in [1.165, 1.54) is 4.68 Å². The lowest BCUT2D eigenvalue weighted by Gasteiger charge is -2.12. The molecule has 17 heavy (non-hydrogen) atoms. The number of aromatic nitrogens is 3. The molecule has 1 aromatic heterocycles. The van der Waals surface area contributed by atoms with E-state index >= 15 is 0 Å². The summed E-state index contributed by atoms with van der Waals surface area (Å²) < 4.78 is 1.49. The lowest BCUT2D eigenvalue weighted by molar-refractivity contribution is -0.122. The molecule has 6 heteroatoms. The van der Waals surface area contributed by atoms with Gasteiger partial charge in [0, 0.05) is 25.3 Å². The number of carbonyl (C=O) groups excluding carboxylic acids is 1. The molecular formula is C11H20N4O2. The van der Waals surface area contributed by atoms with Crippen molar-refractivity contribution in [2.45, 2.75) is 45.7 Å². The van der Waals surface area contributed by atoms with Gasteiger partial charge in [0.05, 0.1) is 5.69 Å². The van der Waals surface area contributed by atoms with Crippen LogP contribution in [0, 0.1) is 0 Å². The molecule has 6 nitrogen and oxygen atoms in total. The zero-order chi connectivity index (χ0) is 12.7. The van der Waals surface area contributed by atoms with Crippen molar-refractivity contribution in [3.05, 3.63) is 11.9 Å². The molecule has 1 unspecified atom stereocenters. The molecule has 0 bridgehead atoms. The maximum atomic E-state index is 11.6. The first-order chi connectivity index (χ1) is 8.15. The third-order valence-electron chi connectivity index (χ3n) is 2.39. The lowest BCUT2D eigenvalue weighted by atomic mass is 10.2. The molecule has 0 spiro atoms. The number of aliphatic hydroxyl groups excluding tert-OH is 1. The van der Waals surface area contributed by atoms with E-state index in [-0.39, 0.29) is 25.1 Å². The van der Waals surface area contributed by atoms with Gasteiger partial charge in [-0.1, -0.05) is 18.6 Å². The van der Waals surface area contributed by atoms with Gasteiger partial charge in [-0.2, -0.15) is 0 Å². The smallest absolute Gasteiger partial charge is 0.242 e. The first kappa shape index (κ1) is 13.6. The molecule has 0 saturated heterocycles. The van der Waals surface area contributed by atoms with Crippen molar-refractivity contribution in [1.29, 1.82) is 0 Å². The Kier molecular flexibility index (Phi) is 5.62. The number of rotatable bonds is 7. The molecule has 0 aliphatic heterocycles. The highest BCUT2D eigenvalue weighted by atomic mass is 16.3. The second kappa shape index (κ2) is 7.01. The van der Waals surface area contributed by atoms with E-state index in [2.05, 4.69) is 22.6 Å². The molecule has 1 amide bonds. The van der Waals surface area contributed by atoms with Crippen LogP contribution in [0.5, 0.6) is 0 Å². The Hall–Kier alpha value is -1.43. The second-order valence-electron chi connectivity index (χ2n) is 4.14. The standard InChI is InChI=1S/C11H20N4O2/c1-3-4-9(2)12-11(17)8-15-7-10(5-6-16)13-14-15/h7,9,16H,3-6,8H2,1-2H3,(H,12,17). The predicted octanol–water partition coefficient (Wildman–Crippen LogP) is 0.118. The van der Waals surface area contributed by atoms with Crippen LogP contribution in [0.15, 0.2) is 6.20 Å². The summed E-state index contributed by atoms with van der Waals surface area (Å²) >= 11 is 0. The average Bonchev–Trinajstić information content (AvgIpc) is 2.66. The molecular weight excluding hydrogens is 220 g/mol. The quantitative estimate of drug-likeness (QED) is 0.709. The summed E-state index contributed by atoms with van der Waals surface area (Å²) in [5, 5.41) is 19.3. The molecule has 0 saturated carbocycles. The van der Waals surface area contributed by atoms with Gasteiger partial charge in [-0.25, -0.2) is 4.68 Å². The molecule has 0 aromatic carbocycles. The Balaban J connectivity index is 2.39. The van der Waals surface area contributed by atoms with Crippen molar-refractivity contribution < 1.29 is 9.90 Å². The van der Waals surface area contributed by atoms with E-state index in [0.717, 1.165) is 12.8 Å². The van der Waals surface area contributed by atoms with Gasteiger partial charge in [-0.05, 0) is 13.3 Å². The van der Waals surface area contributed by atoms with Crippen molar-refractivity contribution in [2.24, 2.45) is 0 Å². The highest BCUT2D eigenvalue weighted by molar-refractivity contribution is 5.75. The first-order valence-electron chi connectivity index (χ1n) is 5.95. The molecule has 0 fully saturated rings. The van der Waals surface area contributed by atoms with E-state index in [1.54, 1.807) is 6.20 Å². The molecule has 96 valence electrons. The van der Waals surface area contributed by atoms with Crippen molar-refractivity contribution in [1.82, 2.24) is 20.3 Å². The van der Waals surface area contributed by atoms with Crippen LogP contribution in [0.1, 0.15) is 32.4 Å². The lowest BCUT2D eigenvalue weighted by Crippen LogP contribution is -2.35. The molecule has 0 aliphatic carbocycles. The predicted molar refractivity (Wildman–Crippen MR) is 63.3 cm³/mol. The average molecular weight is 240 g/mol. The van der Waals surface area contributed by atoms with Crippen LogP contribution in [0.25, 0.3) is 0 Å². The Bertz CT molecular complexity index is 351. The van der Waals surface area contributed by atoms with Crippen LogP contribution in [-0.2, 0) is 17.8 Å². The maximum Gasteiger partial charge on any atom is 0.242 e. The van der Waals surface area contributed by atoms with Crippen LogP contribution in [0.2, 0.25) is 0 Å². The largest absolute Gasteiger partial charge is 0.396 e. The molecule has 1 rings (SSSR count). The molecule has 1 atom stereocenters. The maximum absolute atomic E-state index is 11.6. The SMILES string of the molecule is CCCC(C)NC(=O)Cn1cc(CCO)nn1. The fraction of sp³-hybridized carbons (Fsp3) is 0.727. The van der Waals surface area contributed by atoms with Crippen molar-refractivity contribution in [3.63, 3.8) is 0 Å². The number of nitrogens with one attached hydrogen (secondary N) is 1. The van der Waals surface area contributed by atoms with Crippen LogP contribution in [-0.4, -0.2) is 38.7 Å². The van der Waals surface area contributed by atoms with E-state index in [1.807, 2.05) is 6.92 Å². The fourth-order valence-electron chi connectivity index (χ4n) is 1.62. The molecule has 2 N–H and O–H groups in total. The minimum atomic E-state index is -0.0635. The Morgan fingerprint density at radius 1 is 1.65 bits per heavy atom. The molecule has 0 aliphatic rings. The number of hydrogen-bond donors (Lipinski definition) is 2. The van der Waals surface area contributed by atoms with E-state index in [9.17, 15) is 4.79 Å². The summed E-state index contributed by atoms with van der Waals surface area (Å²) in [7, 11) is 0. The summed E-state index contributed by atoms with van der Waals surface area (Å²) in [6.45, 7) is 4.28. The van der Waals surface area contributed by atoms with Gasteiger partial charge >= 0.3 is 0 Å². The number of aliphatic hydroxyl groups is 1. The fourth-order valence-corrected chi connectivity index (χ4v) is 1.62. The summed E-state index contributed by atoms with van der Waals surface area (Å²) in [5.41, 5.74) is 0.696. The minimum Gasteiger partial charge on any atom is -0.396 e. The molecule has 1 heterocycles. The molecule has 1 aromatic rings. The summed E-state index contributed by atoms with van der Waals surface area (Å²) in [5.74, 6) is -0.0635.